The van der Waals surface area contributed by atoms with Gasteiger partial charge in [0.25, 0.3) is 0 Å². The highest BCUT2D eigenvalue weighted by molar-refractivity contribution is 6.07. The standard InChI is InChI=1S/C14H17NO/c1-2-3-4-8-14(16)12-6-5-7-13-11(12)9-10-15-13/h5-7,9-10,15H,2-4,8H2,1H3. The van der Waals surface area contributed by atoms with Crippen molar-refractivity contribution in [1.29, 1.82) is 0 Å². The predicted octanol–water partition coefficient (Wildman–Crippen LogP) is 3.93. The maximum atomic E-state index is 12.0. The van der Waals surface area contributed by atoms with Gasteiger partial charge in [0, 0.05) is 29.1 Å². The van der Waals surface area contributed by atoms with E-state index in [0.717, 1.165) is 35.7 Å². The SMILES string of the molecule is CCCCCC(=O)c1cccc2[nH]ccc12. The third kappa shape index (κ3) is 2.16. The van der Waals surface area contributed by atoms with Crippen molar-refractivity contribution in [3.63, 3.8) is 0 Å². The molecule has 2 aromatic rings. The van der Waals surface area contributed by atoms with E-state index in [1.54, 1.807) is 0 Å². The molecule has 0 spiro atoms. The lowest BCUT2D eigenvalue weighted by Gasteiger charge is -2.02. The number of H-pyrrole nitrogens is 1. The third-order valence-electron chi connectivity index (χ3n) is 2.90. The molecule has 84 valence electrons. The lowest BCUT2D eigenvalue weighted by molar-refractivity contribution is 0.0981. The number of nitrogens with one attached hydrogen (secondary N) is 1. The first kappa shape index (κ1) is 10.9. The first-order valence-corrected chi connectivity index (χ1v) is 5.92. The molecule has 0 aliphatic heterocycles. The highest BCUT2D eigenvalue weighted by Gasteiger charge is 2.09. The van der Waals surface area contributed by atoms with Crippen molar-refractivity contribution < 1.29 is 4.79 Å². The fourth-order valence-corrected chi connectivity index (χ4v) is 2.00. The summed E-state index contributed by atoms with van der Waals surface area (Å²) in [6, 6.07) is 7.83. The second-order valence-corrected chi connectivity index (χ2v) is 4.12. The Hall–Kier alpha value is -1.57. The van der Waals surface area contributed by atoms with Gasteiger partial charge in [0.05, 0.1) is 0 Å². The average molecular weight is 215 g/mol. The van der Waals surface area contributed by atoms with Gasteiger partial charge in [0.1, 0.15) is 0 Å². The van der Waals surface area contributed by atoms with E-state index in [1.807, 2.05) is 30.5 Å². The molecule has 1 heterocycles. The molecule has 1 N–H and O–H groups in total. The van der Waals surface area contributed by atoms with Gasteiger partial charge in [-0.2, -0.15) is 0 Å². The normalized spacial score (nSPS) is 10.8. The fraction of sp³-hybridized carbons (Fsp3) is 0.357. The molecular weight excluding hydrogens is 198 g/mol. The summed E-state index contributed by atoms with van der Waals surface area (Å²) in [4.78, 5) is 15.1. The van der Waals surface area contributed by atoms with E-state index in [4.69, 9.17) is 0 Å². The van der Waals surface area contributed by atoms with Gasteiger partial charge in [-0.25, -0.2) is 0 Å². The summed E-state index contributed by atoms with van der Waals surface area (Å²) in [6.45, 7) is 2.15. The Balaban J connectivity index is 2.19. The summed E-state index contributed by atoms with van der Waals surface area (Å²) >= 11 is 0. The number of aromatic amines is 1. The molecule has 1 aromatic carbocycles. The van der Waals surface area contributed by atoms with Gasteiger partial charge < -0.3 is 4.98 Å². The molecule has 0 aliphatic carbocycles. The molecule has 0 unspecified atom stereocenters. The maximum absolute atomic E-state index is 12.0. The molecule has 0 amide bonds. The Morgan fingerprint density at radius 1 is 1.25 bits per heavy atom. The molecule has 2 rings (SSSR count). The minimum Gasteiger partial charge on any atom is -0.361 e. The van der Waals surface area contributed by atoms with Crippen molar-refractivity contribution in [1.82, 2.24) is 4.98 Å². The van der Waals surface area contributed by atoms with Crippen molar-refractivity contribution in [3.8, 4) is 0 Å². The van der Waals surface area contributed by atoms with Crippen molar-refractivity contribution in [2.24, 2.45) is 0 Å². The van der Waals surface area contributed by atoms with Crippen LogP contribution in [-0.2, 0) is 0 Å². The number of hydrogen-bond acceptors (Lipinski definition) is 1. The molecular formula is C14H17NO. The van der Waals surface area contributed by atoms with Crippen LogP contribution in [0.15, 0.2) is 30.5 Å². The predicted molar refractivity (Wildman–Crippen MR) is 66.8 cm³/mol. The van der Waals surface area contributed by atoms with E-state index in [2.05, 4.69) is 11.9 Å². The first-order chi connectivity index (χ1) is 7.83. The second-order valence-electron chi connectivity index (χ2n) is 4.12. The molecule has 0 fully saturated rings. The van der Waals surface area contributed by atoms with Crippen LogP contribution in [0.2, 0.25) is 0 Å². The smallest absolute Gasteiger partial charge is 0.163 e. The van der Waals surface area contributed by atoms with E-state index in [-0.39, 0.29) is 5.78 Å². The summed E-state index contributed by atoms with van der Waals surface area (Å²) in [5, 5.41) is 1.05. The topological polar surface area (TPSA) is 32.9 Å². The fourth-order valence-electron chi connectivity index (χ4n) is 2.00. The van der Waals surface area contributed by atoms with Gasteiger partial charge in [0.2, 0.25) is 0 Å². The Labute approximate surface area is 95.7 Å². The Morgan fingerprint density at radius 2 is 2.12 bits per heavy atom. The summed E-state index contributed by atoms with van der Waals surface area (Å²) in [5.41, 5.74) is 1.90. The number of rotatable bonds is 5. The van der Waals surface area contributed by atoms with Gasteiger partial charge in [-0.1, -0.05) is 31.9 Å². The zero-order valence-electron chi connectivity index (χ0n) is 9.62. The lowest BCUT2D eigenvalue weighted by Crippen LogP contribution is -1.99. The van der Waals surface area contributed by atoms with Crippen LogP contribution in [0, 0.1) is 0 Å². The molecule has 2 heteroatoms. The van der Waals surface area contributed by atoms with Gasteiger partial charge in [-0.3, -0.25) is 4.79 Å². The number of aromatic nitrogens is 1. The zero-order chi connectivity index (χ0) is 11.4. The van der Waals surface area contributed by atoms with Crippen molar-refractivity contribution in [2.75, 3.05) is 0 Å². The summed E-state index contributed by atoms with van der Waals surface area (Å²) < 4.78 is 0. The highest BCUT2D eigenvalue weighted by atomic mass is 16.1. The lowest BCUT2D eigenvalue weighted by atomic mass is 10.0. The van der Waals surface area contributed by atoms with Crippen LogP contribution in [0.3, 0.4) is 0 Å². The average Bonchev–Trinajstić information content (AvgIpc) is 2.76. The largest absolute Gasteiger partial charge is 0.361 e. The second kappa shape index (κ2) is 4.97. The van der Waals surface area contributed by atoms with Crippen LogP contribution in [0.5, 0.6) is 0 Å². The van der Waals surface area contributed by atoms with E-state index in [1.165, 1.54) is 0 Å². The quantitative estimate of drug-likeness (QED) is 0.595. The molecule has 0 atom stereocenters. The van der Waals surface area contributed by atoms with Gasteiger partial charge in [-0.05, 0) is 18.6 Å². The number of hydrogen-bond donors (Lipinski definition) is 1. The van der Waals surface area contributed by atoms with Crippen molar-refractivity contribution >= 4 is 16.7 Å². The number of carbonyl (C=O) groups excluding carboxylic acids is 1. The monoisotopic (exact) mass is 215 g/mol. The number of benzene rings is 1. The van der Waals surface area contributed by atoms with Crippen LogP contribution >= 0.6 is 0 Å². The van der Waals surface area contributed by atoms with Gasteiger partial charge >= 0.3 is 0 Å². The number of fused-ring (bicyclic) bond motifs is 1. The van der Waals surface area contributed by atoms with E-state index < -0.39 is 0 Å². The highest BCUT2D eigenvalue weighted by Crippen LogP contribution is 2.19. The van der Waals surface area contributed by atoms with E-state index in [0.29, 0.717) is 6.42 Å². The molecule has 1 aromatic heterocycles. The summed E-state index contributed by atoms with van der Waals surface area (Å²) in [5.74, 6) is 0.263. The van der Waals surface area contributed by atoms with Crippen molar-refractivity contribution in [3.05, 3.63) is 36.0 Å². The number of carbonyl (C=O) groups is 1. The molecule has 0 aliphatic rings. The molecule has 0 saturated carbocycles. The summed E-state index contributed by atoms with van der Waals surface area (Å²) in [7, 11) is 0. The van der Waals surface area contributed by atoms with E-state index >= 15 is 0 Å². The minimum atomic E-state index is 0.263. The van der Waals surface area contributed by atoms with Crippen LogP contribution in [0.4, 0.5) is 0 Å². The molecule has 0 bridgehead atoms. The van der Waals surface area contributed by atoms with Crippen LogP contribution in [0.1, 0.15) is 43.0 Å². The maximum Gasteiger partial charge on any atom is 0.163 e. The van der Waals surface area contributed by atoms with Crippen molar-refractivity contribution in [2.45, 2.75) is 32.6 Å². The van der Waals surface area contributed by atoms with Crippen LogP contribution in [-0.4, -0.2) is 10.8 Å². The molecule has 0 radical (unpaired) electrons. The number of ketones is 1. The van der Waals surface area contributed by atoms with Crippen LogP contribution < -0.4 is 0 Å². The number of Topliss-reactive ketones (excluding diaryl/α,β-unsaturated/α-hetero) is 1. The minimum absolute atomic E-state index is 0.263. The van der Waals surface area contributed by atoms with Gasteiger partial charge in [-0.15, -0.1) is 0 Å². The van der Waals surface area contributed by atoms with E-state index in [9.17, 15) is 4.79 Å². The zero-order valence-corrected chi connectivity index (χ0v) is 9.62. The Morgan fingerprint density at radius 3 is 2.94 bits per heavy atom. The molecule has 16 heavy (non-hydrogen) atoms. The summed E-state index contributed by atoms with van der Waals surface area (Å²) in [6.07, 6.45) is 5.83. The Kier molecular flexibility index (Phi) is 3.40. The molecule has 2 nitrogen and oxygen atoms in total. The van der Waals surface area contributed by atoms with Gasteiger partial charge in [0.15, 0.2) is 5.78 Å². The first-order valence-electron chi connectivity index (χ1n) is 5.92. The third-order valence-corrected chi connectivity index (χ3v) is 2.90. The number of unbranched alkanes of at least 4 members (excludes halogenated alkanes) is 2. The Bertz CT molecular complexity index is 484. The molecule has 0 saturated heterocycles. The van der Waals surface area contributed by atoms with Crippen LogP contribution in [0.25, 0.3) is 10.9 Å².